The number of Topliss-reactive ketones (excluding diaryl/α,β-unsaturated/α-hetero) is 1. The zero-order chi connectivity index (χ0) is 14.7. The van der Waals surface area contributed by atoms with Crippen molar-refractivity contribution in [2.45, 2.75) is 39.5 Å². The van der Waals surface area contributed by atoms with Crippen molar-refractivity contribution in [3.05, 3.63) is 4.88 Å². The predicted molar refractivity (Wildman–Crippen MR) is 84.9 cm³/mol. The summed E-state index contributed by atoms with van der Waals surface area (Å²) >= 11 is 1.42. The molecule has 1 fully saturated rings. The van der Waals surface area contributed by atoms with Gasteiger partial charge < -0.3 is 15.8 Å². The van der Waals surface area contributed by atoms with Crippen LogP contribution in [-0.4, -0.2) is 19.4 Å². The van der Waals surface area contributed by atoms with E-state index in [1.165, 1.54) is 30.6 Å². The Hall–Kier alpha value is -1.23. The molecule has 0 bridgehead atoms. The predicted octanol–water partition coefficient (Wildman–Crippen LogP) is 3.78. The monoisotopic (exact) mass is 296 g/mol. The number of nitrogens with one attached hydrogen (secondary N) is 1. The molecule has 1 saturated carbocycles. The number of nitrogens with two attached hydrogens (primary N) is 1. The lowest BCUT2D eigenvalue weighted by molar-refractivity contribution is 0.0992. The van der Waals surface area contributed by atoms with Gasteiger partial charge in [-0.1, -0.05) is 20.3 Å². The van der Waals surface area contributed by atoms with Gasteiger partial charge in [0.25, 0.3) is 0 Å². The Balaban J connectivity index is 2.08. The van der Waals surface area contributed by atoms with Crippen LogP contribution in [0.5, 0.6) is 5.75 Å². The Bertz CT molecular complexity index is 484. The third-order valence-electron chi connectivity index (χ3n) is 4.03. The van der Waals surface area contributed by atoms with Crippen molar-refractivity contribution in [1.82, 2.24) is 0 Å². The van der Waals surface area contributed by atoms with Crippen LogP contribution in [0.2, 0.25) is 0 Å². The van der Waals surface area contributed by atoms with Crippen molar-refractivity contribution in [2.24, 2.45) is 11.8 Å². The maximum atomic E-state index is 11.9. The van der Waals surface area contributed by atoms with Gasteiger partial charge in [-0.15, -0.1) is 11.3 Å². The van der Waals surface area contributed by atoms with Crippen LogP contribution in [0.15, 0.2) is 0 Å². The molecule has 2 atom stereocenters. The smallest absolute Gasteiger partial charge is 0.176 e. The number of nitrogen functional groups attached to an aromatic ring is 1. The molecule has 0 saturated heterocycles. The number of hydrogen-bond acceptors (Lipinski definition) is 5. The molecule has 1 aromatic heterocycles. The van der Waals surface area contributed by atoms with E-state index in [4.69, 9.17) is 10.5 Å². The van der Waals surface area contributed by atoms with E-state index in [0.29, 0.717) is 28.7 Å². The summed E-state index contributed by atoms with van der Waals surface area (Å²) in [7, 11) is 1.60. The van der Waals surface area contributed by atoms with Crippen molar-refractivity contribution >= 4 is 27.8 Å². The SMILES string of the molecule is CCC(=O)c1sc(NCC2CCC(C)C2)c(OC)c1N. The second-order valence-corrected chi connectivity index (χ2v) is 6.67. The van der Waals surface area contributed by atoms with Crippen LogP contribution in [0.4, 0.5) is 10.7 Å². The summed E-state index contributed by atoms with van der Waals surface area (Å²) in [4.78, 5) is 12.5. The molecule has 3 N–H and O–H groups in total. The van der Waals surface area contributed by atoms with Crippen LogP contribution < -0.4 is 15.8 Å². The first-order valence-corrected chi connectivity index (χ1v) is 8.11. The number of hydrogen-bond donors (Lipinski definition) is 2. The average Bonchev–Trinajstić information content (AvgIpc) is 2.99. The molecule has 0 radical (unpaired) electrons. The number of anilines is 2. The Morgan fingerprint density at radius 2 is 2.25 bits per heavy atom. The van der Waals surface area contributed by atoms with Gasteiger partial charge in [0.05, 0.1) is 17.7 Å². The molecule has 0 aliphatic heterocycles. The van der Waals surface area contributed by atoms with Crippen molar-refractivity contribution in [2.75, 3.05) is 24.7 Å². The third kappa shape index (κ3) is 3.08. The number of methoxy groups -OCH3 is 1. The topological polar surface area (TPSA) is 64.3 Å². The lowest BCUT2D eigenvalue weighted by atomic mass is 10.1. The zero-order valence-corrected chi connectivity index (χ0v) is 13.3. The van der Waals surface area contributed by atoms with Crippen LogP contribution >= 0.6 is 11.3 Å². The second-order valence-electron chi connectivity index (χ2n) is 5.65. The number of ketones is 1. The van der Waals surface area contributed by atoms with Gasteiger partial charge in [0.15, 0.2) is 11.5 Å². The summed E-state index contributed by atoms with van der Waals surface area (Å²) in [6.07, 6.45) is 4.33. The molecule has 2 rings (SSSR count). The highest BCUT2D eigenvalue weighted by molar-refractivity contribution is 7.19. The van der Waals surface area contributed by atoms with E-state index in [0.717, 1.165) is 17.5 Å². The number of thiophene rings is 1. The van der Waals surface area contributed by atoms with Crippen LogP contribution in [0.3, 0.4) is 0 Å². The van der Waals surface area contributed by atoms with Gasteiger partial charge in [-0.05, 0) is 24.7 Å². The van der Waals surface area contributed by atoms with E-state index >= 15 is 0 Å². The molecule has 1 heterocycles. The van der Waals surface area contributed by atoms with Crippen molar-refractivity contribution in [3.8, 4) is 5.75 Å². The van der Waals surface area contributed by atoms with E-state index in [1.54, 1.807) is 7.11 Å². The fourth-order valence-corrected chi connectivity index (χ4v) is 3.97. The number of rotatable bonds is 6. The fraction of sp³-hybridized carbons (Fsp3) is 0.667. The normalized spacial score (nSPS) is 21.9. The first-order chi connectivity index (χ1) is 9.56. The van der Waals surface area contributed by atoms with Crippen molar-refractivity contribution in [3.63, 3.8) is 0 Å². The van der Waals surface area contributed by atoms with Gasteiger partial charge in [-0.2, -0.15) is 0 Å². The van der Waals surface area contributed by atoms with E-state index in [2.05, 4.69) is 12.2 Å². The van der Waals surface area contributed by atoms with Crippen LogP contribution in [0.1, 0.15) is 49.2 Å². The van der Waals surface area contributed by atoms with Crippen molar-refractivity contribution in [1.29, 1.82) is 0 Å². The van der Waals surface area contributed by atoms with Gasteiger partial charge in [0.1, 0.15) is 5.00 Å². The van der Waals surface area contributed by atoms with E-state index in [-0.39, 0.29) is 5.78 Å². The summed E-state index contributed by atoms with van der Waals surface area (Å²) in [6, 6.07) is 0. The van der Waals surface area contributed by atoms with Crippen LogP contribution in [-0.2, 0) is 0 Å². The molecule has 0 spiro atoms. The molecule has 4 nitrogen and oxygen atoms in total. The summed E-state index contributed by atoms with van der Waals surface area (Å²) < 4.78 is 5.36. The molecule has 1 aliphatic carbocycles. The molecule has 5 heteroatoms. The Labute approximate surface area is 124 Å². The maximum Gasteiger partial charge on any atom is 0.176 e. The van der Waals surface area contributed by atoms with Crippen molar-refractivity contribution < 1.29 is 9.53 Å². The molecular formula is C15H24N2O2S. The summed E-state index contributed by atoms with van der Waals surface area (Å²) in [5, 5.41) is 4.32. The molecule has 1 aliphatic rings. The minimum atomic E-state index is 0.0772. The Morgan fingerprint density at radius 1 is 1.50 bits per heavy atom. The van der Waals surface area contributed by atoms with Gasteiger partial charge in [0, 0.05) is 13.0 Å². The minimum absolute atomic E-state index is 0.0772. The van der Waals surface area contributed by atoms with Gasteiger partial charge in [-0.3, -0.25) is 4.79 Å². The molecular weight excluding hydrogens is 272 g/mol. The highest BCUT2D eigenvalue weighted by Crippen LogP contribution is 2.43. The maximum absolute atomic E-state index is 11.9. The first kappa shape index (κ1) is 15.2. The molecule has 2 unspecified atom stereocenters. The van der Waals surface area contributed by atoms with Gasteiger partial charge in [-0.25, -0.2) is 0 Å². The molecule has 0 amide bonds. The molecule has 0 aromatic carbocycles. The van der Waals surface area contributed by atoms with Crippen LogP contribution in [0, 0.1) is 11.8 Å². The molecule has 1 aromatic rings. The average molecular weight is 296 g/mol. The molecule has 20 heavy (non-hydrogen) atoms. The third-order valence-corrected chi connectivity index (χ3v) is 5.22. The summed E-state index contributed by atoms with van der Waals surface area (Å²) in [5.41, 5.74) is 6.50. The Kier molecular flexibility index (Phi) is 4.91. The summed E-state index contributed by atoms with van der Waals surface area (Å²) in [5.74, 6) is 2.24. The van der Waals surface area contributed by atoms with Crippen LogP contribution in [0.25, 0.3) is 0 Å². The lowest BCUT2D eigenvalue weighted by Crippen LogP contribution is -2.11. The van der Waals surface area contributed by atoms with Gasteiger partial charge >= 0.3 is 0 Å². The number of carbonyl (C=O) groups is 1. The van der Waals surface area contributed by atoms with E-state index in [9.17, 15) is 4.79 Å². The minimum Gasteiger partial charge on any atom is -0.492 e. The highest BCUT2D eigenvalue weighted by atomic mass is 32.1. The molecule has 112 valence electrons. The first-order valence-electron chi connectivity index (χ1n) is 7.30. The number of carbonyl (C=O) groups excluding carboxylic acids is 1. The quantitative estimate of drug-likeness (QED) is 0.784. The highest BCUT2D eigenvalue weighted by Gasteiger charge is 2.24. The van der Waals surface area contributed by atoms with E-state index < -0.39 is 0 Å². The fourth-order valence-electron chi connectivity index (χ4n) is 2.86. The van der Waals surface area contributed by atoms with Gasteiger partial charge in [0.2, 0.25) is 0 Å². The standard InChI is InChI=1S/C15H24N2O2S/c1-4-11(18)14-12(16)13(19-3)15(20-14)17-8-10-6-5-9(2)7-10/h9-10,17H,4-8,16H2,1-3H3. The number of ether oxygens (including phenoxy) is 1. The largest absolute Gasteiger partial charge is 0.492 e. The van der Waals surface area contributed by atoms with E-state index in [1.807, 2.05) is 6.92 Å². The Morgan fingerprint density at radius 3 is 2.80 bits per heavy atom. The summed E-state index contributed by atoms with van der Waals surface area (Å²) in [6.45, 7) is 5.09. The zero-order valence-electron chi connectivity index (χ0n) is 12.5. The lowest BCUT2D eigenvalue weighted by Gasteiger charge is -2.12. The second kappa shape index (κ2) is 6.48.